The number of carbonyl (C=O) groups is 1. The zero-order chi connectivity index (χ0) is 9.68. The molecule has 0 radical (unpaired) electrons. The number of rotatable bonds is 5. The number of carboxylic acids is 1. The van der Waals surface area contributed by atoms with Crippen molar-refractivity contribution in [3.05, 3.63) is 16.6 Å². The van der Waals surface area contributed by atoms with Crippen LogP contribution in [-0.4, -0.2) is 34.6 Å². The molecule has 0 atom stereocenters. The van der Waals surface area contributed by atoms with Crippen LogP contribution in [-0.2, 0) is 11.3 Å². The Bertz CT molecular complexity index is 261. The van der Waals surface area contributed by atoms with Crippen LogP contribution in [0.25, 0.3) is 0 Å². The number of hydrogen-bond acceptors (Lipinski definition) is 4. The average Bonchev–Trinajstić information content (AvgIpc) is 2.53. The van der Waals surface area contributed by atoms with Crippen molar-refractivity contribution in [1.82, 2.24) is 9.88 Å². The monoisotopic (exact) mass is 200 g/mol. The van der Waals surface area contributed by atoms with Gasteiger partial charge in [-0.1, -0.05) is 0 Å². The largest absolute Gasteiger partial charge is 0.481 e. The molecule has 13 heavy (non-hydrogen) atoms. The van der Waals surface area contributed by atoms with Crippen molar-refractivity contribution in [2.45, 2.75) is 13.0 Å². The van der Waals surface area contributed by atoms with Crippen molar-refractivity contribution >= 4 is 17.3 Å². The first-order valence-corrected chi connectivity index (χ1v) is 4.90. The van der Waals surface area contributed by atoms with E-state index in [-0.39, 0.29) is 6.42 Å². The van der Waals surface area contributed by atoms with E-state index in [1.165, 1.54) is 0 Å². The van der Waals surface area contributed by atoms with E-state index < -0.39 is 5.97 Å². The maximum absolute atomic E-state index is 10.3. The van der Waals surface area contributed by atoms with Crippen LogP contribution < -0.4 is 0 Å². The summed E-state index contributed by atoms with van der Waals surface area (Å²) in [6.07, 6.45) is 0.181. The zero-order valence-electron chi connectivity index (χ0n) is 7.43. The molecule has 0 saturated carbocycles. The van der Waals surface area contributed by atoms with Gasteiger partial charge in [0.15, 0.2) is 0 Å². The summed E-state index contributed by atoms with van der Waals surface area (Å²) in [4.78, 5) is 16.3. The van der Waals surface area contributed by atoms with Crippen molar-refractivity contribution in [2.75, 3.05) is 13.6 Å². The lowest BCUT2D eigenvalue weighted by Gasteiger charge is -2.12. The first-order chi connectivity index (χ1) is 6.18. The molecule has 0 aliphatic heterocycles. The molecule has 1 aromatic heterocycles. The Hall–Kier alpha value is -0.940. The highest BCUT2D eigenvalue weighted by Gasteiger charge is 2.03. The number of thiazole rings is 1. The average molecular weight is 200 g/mol. The quantitative estimate of drug-likeness (QED) is 0.772. The predicted octanol–water partition coefficient (Wildman–Crippen LogP) is 1.05. The second-order valence-corrected chi connectivity index (χ2v) is 3.58. The second kappa shape index (κ2) is 4.94. The van der Waals surface area contributed by atoms with Crippen LogP contribution in [0.2, 0.25) is 0 Å². The molecule has 0 aliphatic rings. The minimum absolute atomic E-state index is 0.181. The van der Waals surface area contributed by atoms with Crippen LogP contribution in [0.4, 0.5) is 0 Å². The molecule has 0 unspecified atom stereocenters. The molecule has 72 valence electrons. The Morgan fingerprint density at radius 2 is 2.54 bits per heavy atom. The fourth-order valence-electron chi connectivity index (χ4n) is 0.958. The molecule has 1 aromatic rings. The van der Waals surface area contributed by atoms with Gasteiger partial charge in [-0.2, -0.15) is 0 Å². The van der Waals surface area contributed by atoms with Crippen LogP contribution in [0.1, 0.15) is 12.1 Å². The molecule has 1 rings (SSSR count). The molecule has 1 heterocycles. The van der Waals surface area contributed by atoms with E-state index in [1.807, 2.05) is 17.3 Å². The van der Waals surface area contributed by atoms with Gasteiger partial charge in [0, 0.05) is 18.5 Å². The van der Waals surface area contributed by atoms with Gasteiger partial charge in [0.25, 0.3) is 0 Å². The van der Waals surface area contributed by atoms with Crippen molar-refractivity contribution in [2.24, 2.45) is 0 Å². The van der Waals surface area contributed by atoms with Crippen LogP contribution in [0.15, 0.2) is 10.9 Å². The summed E-state index contributed by atoms with van der Waals surface area (Å²) < 4.78 is 0. The first kappa shape index (κ1) is 10.1. The van der Waals surface area contributed by atoms with Gasteiger partial charge in [-0.3, -0.25) is 9.69 Å². The number of hydrogen-bond donors (Lipinski definition) is 1. The molecule has 5 heteroatoms. The number of nitrogens with zero attached hydrogens (tertiary/aromatic N) is 2. The van der Waals surface area contributed by atoms with Gasteiger partial charge in [-0.25, -0.2) is 4.98 Å². The van der Waals surface area contributed by atoms with Gasteiger partial charge >= 0.3 is 5.97 Å². The minimum Gasteiger partial charge on any atom is -0.481 e. The van der Waals surface area contributed by atoms with Gasteiger partial charge < -0.3 is 5.11 Å². The van der Waals surface area contributed by atoms with E-state index in [9.17, 15) is 4.79 Å². The SMILES string of the molecule is CN(CCC(=O)O)Cc1cscn1. The minimum atomic E-state index is -0.759. The van der Waals surface area contributed by atoms with Gasteiger partial charge in [0.1, 0.15) is 0 Å². The molecule has 0 spiro atoms. The maximum Gasteiger partial charge on any atom is 0.304 e. The van der Waals surface area contributed by atoms with Gasteiger partial charge in [0.2, 0.25) is 0 Å². The molecule has 4 nitrogen and oxygen atoms in total. The maximum atomic E-state index is 10.3. The van der Waals surface area contributed by atoms with E-state index in [0.717, 1.165) is 12.2 Å². The molecule has 0 fully saturated rings. The lowest BCUT2D eigenvalue weighted by molar-refractivity contribution is -0.137. The third-order valence-corrected chi connectivity index (χ3v) is 2.26. The fraction of sp³-hybridized carbons (Fsp3) is 0.500. The Labute approximate surface area is 80.8 Å². The van der Waals surface area contributed by atoms with Crippen molar-refractivity contribution in [1.29, 1.82) is 0 Å². The van der Waals surface area contributed by atoms with Crippen molar-refractivity contribution in [3.8, 4) is 0 Å². The molecule has 0 bridgehead atoms. The summed E-state index contributed by atoms with van der Waals surface area (Å²) in [5, 5.41) is 10.4. The van der Waals surface area contributed by atoms with Crippen molar-refractivity contribution in [3.63, 3.8) is 0 Å². The highest BCUT2D eigenvalue weighted by molar-refractivity contribution is 7.07. The Morgan fingerprint density at radius 1 is 1.77 bits per heavy atom. The summed E-state index contributed by atoms with van der Waals surface area (Å²) in [7, 11) is 1.89. The highest BCUT2D eigenvalue weighted by Crippen LogP contribution is 2.03. The van der Waals surface area contributed by atoms with E-state index in [2.05, 4.69) is 4.98 Å². The third kappa shape index (κ3) is 4.00. The van der Waals surface area contributed by atoms with E-state index >= 15 is 0 Å². The molecular formula is C8H12N2O2S. The van der Waals surface area contributed by atoms with Crippen LogP contribution in [0, 0.1) is 0 Å². The number of aliphatic carboxylic acids is 1. The van der Waals surface area contributed by atoms with E-state index in [1.54, 1.807) is 16.8 Å². The summed E-state index contributed by atoms with van der Waals surface area (Å²) in [6.45, 7) is 1.28. The molecule has 0 aromatic carbocycles. The highest BCUT2D eigenvalue weighted by atomic mass is 32.1. The van der Waals surface area contributed by atoms with Crippen molar-refractivity contribution < 1.29 is 9.90 Å². The Balaban J connectivity index is 2.25. The van der Waals surface area contributed by atoms with Gasteiger partial charge in [-0.05, 0) is 7.05 Å². The lowest BCUT2D eigenvalue weighted by Crippen LogP contribution is -2.21. The zero-order valence-corrected chi connectivity index (χ0v) is 8.25. The summed E-state index contributed by atoms with van der Waals surface area (Å²) in [5.41, 5.74) is 2.78. The fourth-order valence-corrected chi connectivity index (χ4v) is 1.51. The van der Waals surface area contributed by atoms with Crippen LogP contribution in [0.3, 0.4) is 0 Å². The molecule has 0 aliphatic carbocycles. The standard InChI is InChI=1S/C8H12N2O2S/c1-10(3-2-8(11)12)4-7-5-13-6-9-7/h5-6H,2-4H2,1H3,(H,11,12). The topological polar surface area (TPSA) is 53.4 Å². The first-order valence-electron chi connectivity index (χ1n) is 3.96. The van der Waals surface area contributed by atoms with E-state index in [4.69, 9.17) is 5.11 Å². The molecule has 0 saturated heterocycles. The van der Waals surface area contributed by atoms with Gasteiger partial charge in [0.05, 0.1) is 17.6 Å². The summed E-state index contributed by atoms with van der Waals surface area (Å²) in [6, 6.07) is 0. The number of aromatic nitrogens is 1. The smallest absolute Gasteiger partial charge is 0.304 e. The third-order valence-electron chi connectivity index (χ3n) is 1.62. The van der Waals surface area contributed by atoms with Crippen LogP contribution >= 0.6 is 11.3 Å². The molecule has 1 N–H and O–H groups in total. The molecular weight excluding hydrogens is 188 g/mol. The number of carboxylic acid groups (broad SMARTS) is 1. The van der Waals surface area contributed by atoms with E-state index in [0.29, 0.717) is 6.54 Å². The lowest BCUT2D eigenvalue weighted by atomic mass is 10.3. The van der Waals surface area contributed by atoms with Gasteiger partial charge in [-0.15, -0.1) is 11.3 Å². The van der Waals surface area contributed by atoms with Crippen LogP contribution in [0.5, 0.6) is 0 Å². The summed E-state index contributed by atoms with van der Waals surface area (Å²) in [5.74, 6) is -0.759. The normalized spacial score (nSPS) is 10.6. The predicted molar refractivity (Wildman–Crippen MR) is 50.7 cm³/mol. The summed E-state index contributed by atoms with van der Waals surface area (Å²) >= 11 is 1.55. The second-order valence-electron chi connectivity index (χ2n) is 2.86. The molecule has 0 amide bonds. The Morgan fingerprint density at radius 3 is 3.08 bits per heavy atom. The Kier molecular flexibility index (Phi) is 3.85.